The molecule has 2 aromatic rings. The van der Waals surface area contributed by atoms with Crippen molar-refractivity contribution in [2.45, 2.75) is 46.6 Å². The Morgan fingerprint density at radius 1 is 1.16 bits per heavy atom. The fourth-order valence-corrected chi connectivity index (χ4v) is 3.97. The van der Waals surface area contributed by atoms with Crippen molar-refractivity contribution in [2.75, 3.05) is 6.61 Å². The van der Waals surface area contributed by atoms with Crippen LogP contribution in [0.2, 0.25) is 0 Å². The molecule has 0 aromatic heterocycles. The van der Waals surface area contributed by atoms with Gasteiger partial charge in [-0.2, -0.15) is 5.26 Å². The molecule has 0 N–H and O–H groups in total. The van der Waals surface area contributed by atoms with Gasteiger partial charge in [0.15, 0.2) is 0 Å². The van der Waals surface area contributed by atoms with Crippen molar-refractivity contribution < 1.29 is 14.3 Å². The number of hydrogen-bond donors (Lipinski definition) is 0. The van der Waals surface area contributed by atoms with Crippen molar-refractivity contribution in [3.8, 4) is 6.07 Å². The SMILES string of the molecule is CC1=C(C(=O)OCC(C)C)[C@H](c2ccccc2C)CC(=O)N1Cc1ccccc1C#N. The average molecular weight is 417 g/mol. The van der Waals surface area contributed by atoms with E-state index in [9.17, 15) is 14.9 Å². The summed E-state index contributed by atoms with van der Waals surface area (Å²) in [4.78, 5) is 28.0. The lowest BCUT2D eigenvalue weighted by Crippen LogP contribution is -2.38. The standard InChI is InChI=1S/C26H28N2O3/c1-17(2)16-31-26(30)25-19(4)28(15-21-11-7-6-10-20(21)14-27)24(29)13-23(25)22-12-8-5-9-18(22)3/h5-12,17,23H,13,15-16H2,1-4H3/t23-/m0/s1. The molecule has 0 aliphatic carbocycles. The Morgan fingerprint density at radius 2 is 1.84 bits per heavy atom. The van der Waals surface area contributed by atoms with E-state index in [1.807, 2.05) is 57.2 Å². The Kier molecular flexibility index (Phi) is 6.91. The van der Waals surface area contributed by atoms with Gasteiger partial charge < -0.3 is 9.64 Å². The molecule has 3 rings (SSSR count). The highest BCUT2D eigenvalue weighted by Crippen LogP contribution is 2.39. The number of nitrogens with zero attached hydrogens (tertiary/aromatic N) is 2. The molecule has 5 heteroatoms. The Bertz CT molecular complexity index is 1060. The molecule has 0 unspecified atom stereocenters. The van der Waals surface area contributed by atoms with E-state index in [4.69, 9.17) is 4.74 Å². The molecule has 1 aliphatic rings. The van der Waals surface area contributed by atoms with Gasteiger partial charge in [0.2, 0.25) is 5.91 Å². The molecular formula is C26H28N2O3. The van der Waals surface area contributed by atoms with Crippen LogP contribution in [0.15, 0.2) is 59.8 Å². The zero-order valence-corrected chi connectivity index (χ0v) is 18.5. The highest BCUT2D eigenvalue weighted by molar-refractivity contribution is 5.96. The molecule has 0 bridgehead atoms. The number of carbonyl (C=O) groups is 2. The van der Waals surface area contributed by atoms with Gasteiger partial charge in [0, 0.05) is 18.0 Å². The third-order valence-electron chi connectivity index (χ3n) is 5.62. The highest BCUT2D eigenvalue weighted by atomic mass is 16.5. The zero-order valence-electron chi connectivity index (χ0n) is 18.5. The van der Waals surface area contributed by atoms with Gasteiger partial charge in [0.1, 0.15) is 0 Å². The number of benzene rings is 2. The van der Waals surface area contributed by atoms with Crippen LogP contribution in [-0.4, -0.2) is 23.4 Å². The number of nitriles is 1. The molecule has 5 nitrogen and oxygen atoms in total. The van der Waals surface area contributed by atoms with E-state index in [2.05, 4.69) is 6.07 Å². The third kappa shape index (κ3) is 4.86. The summed E-state index contributed by atoms with van der Waals surface area (Å²) >= 11 is 0. The fourth-order valence-electron chi connectivity index (χ4n) is 3.97. The maximum Gasteiger partial charge on any atom is 0.336 e. The molecule has 1 amide bonds. The number of hydrogen-bond acceptors (Lipinski definition) is 4. The first-order chi connectivity index (χ1) is 14.8. The maximum absolute atomic E-state index is 13.2. The Morgan fingerprint density at radius 3 is 2.52 bits per heavy atom. The lowest BCUT2D eigenvalue weighted by Gasteiger charge is -2.35. The van der Waals surface area contributed by atoms with Crippen LogP contribution < -0.4 is 0 Å². The van der Waals surface area contributed by atoms with Crippen molar-refractivity contribution in [3.63, 3.8) is 0 Å². The van der Waals surface area contributed by atoms with Gasteiger partial charge >= 0.3 is 5.97 Å². The average Bonchev–Trinajstić information content (AvgIpc) is 2.75. The minimum atomic E-state index is -0.384. The van der Waals surface area contributed by atoms with Crippen LogP contribution in [-0.2, 0) is 20.9 Å². The van der Waals surface area contributed by atoms with E-state index in [0.29, 0.717) is 23.4 Å². The number of amides is 1. The molecule has 1 aliphatic heterocycles. The van der Waals surface area contributed by atoms with Crippen LogP contribution in [0.4, 0.5) is 0 Å². The van der Waals surface area contributed by atoms with Gasteiger partial charge in [-0.05, 0) is 42.5 Å². The molecule has 0 fully saturated rings. The van der Waals surface area contributed by atoms with Crippen molar-refractivity contribution in [1.82, 2.24) is 4.90 Å². The number of ether oxygens (including phenoxy) is 1. The molecule has 0 saturated heterocycles. The Labute approximate surface area is 183 Å². The second-order valence-corrected chi connectivity index (χ2v) is 8.35. The highest BCUT2D eigenvalue weighted by Gasteiger charge is 2.37. The molecular weight excluding hydrogens is 388 g/mol. The van der Waals surface area contributed by atoms with Crippen molar-refractivity contribution in [2.24, 2.45) is 5.92 Å². The van der Waals surface area contributed by atoms with E-state index >= 15 is 0 Å². The van der Waals surface area contributed by atoms with Gasteiger partial charge in [-0.25, -0.2) is 4.79 Å². The predicted molar refractivity (Wildman–Crippen MR) is 119 cm³/mol. The van der Waals surface area contributed by atoms with Crippen LogP contribution >= 0.6 is 0 Å². The van der Waals surface area contributed by atoms with E-state index in [1.165, 1.54) is 0 Å². The van der Waals surface area contributed by atoms with Crippen LogP contribution in [0.1, 0.15) is 55.4 Å². The zero-order chi connectivity index (χ0) is 22.5. The van der Waals surface area contributed by atoms with Crippen molar-refractivity contribution in [1.29, 1.82) is 5.26 Å². The van der Waals surface area contributed by atoms with E-state index < -0.39 is 0 Å². The monoisotopic (exact) mass is 416 g/mol. The number of aryl methyl sites for hydroxylation is 1. The van der Waals surface area contributed by atoms with E-state index in [-0.39, 0.29) is 36.7 Å². The molecule has 2 aromatic carbocycles. The fraction of sp³-hybridized carbons (Fsp3) is 0.346. The minimum absolute atomic E-state index is 0.0705. The first-order valence-corrected chi connectivity index (χ1v) is 10.5. The normalized spacial score (nSPS) is 16.5. The number of carbonyl (C=O) groups excluding carboxylic acids is 2. The lowest BCUT2D eigenvalue weighted by atomic mass is 9.81. The second-order valence-electron chi connectivity index (χ2n) is 8.35. The Hall–Kier alpha value is -3.39. The smallest absolute Gasteiger partial charge is 0.336 e. The summed E-state index contributed by atoms with van der Waals surface area (Å²) in [6.45, 7) is 8.33. The molecule has 160 valence electrons. The molecule has 0 spiro atoms. The largest absolute Gasteiger partial charge is 0.462 e. The molecule has 31 heavy (non-hydrogen) atoms. The molecule has 1 atom stereocenters. The summed E-state index contributed by atoms with van der Waals surface area (Å²) in [5, 5.41) is 9.42. The quantitative estimate of drug-likeness (QED) is 0.631. The maximum atomic E-state index is 13.2. The van der Waals surface area contributed by atoms with Gasteiger partial charge in [-0.1, -0.05) is 56.3 Å². The van der Waals surface area contributed by atoms with Crippen LogP contribution in [0.5, 0.6) is 0 Å². The van der Waals surface area contributed by atoms with Gasteiger partial charge in [0.25, 0.3) is 0 Å². The summed E-state index contributed by atoms with van der Waals surface area (Å²) < 4.78 is 5.60. The van der Waals surface area contributed by atoms with Gasteiger partial charge in [-0.15, -0.1) is 0 Å². The lowest BCUT2D eigenvalue weighted by molar-refractivity contribution is -0.141. The number of rotatable bonds is 6. The van der Waals surface area contributed by atoms with E-state index in [1.54, 1.807) is 24.0 Å². The molecule has 1 heterocycles. The van der Waals surface area contributed by atoms with Crippen LogP contribution in [0, 0.1) is 24.2 Å². The summed E-state index contributed by atoms with van der Waals surface area (Å²) in [5.74, 6) is -0.592. The summed E-state index contributed by atoms with van der Waals surface area (Å²) in [6.07, 6.45) is 0.184. The topological polar surface area (TPSA) is 70.4 Å². The second kappa shape index (κ2) is 9.61. The third-order valence-corrected chi connectivity index (χ3v) is 5.62. The van der Waals surface area contributed by atoms with Crippen molar-refractivity contribution in [3.05, 3.63) is 82.1 Å². The first-order valence-electron chi connectivity index (χ1n) is 10.5. The predicted octanol–water partition coefficient (Wildman–Crippen LogP) is 4.86. The van der Waals surface area contributed by atoms with Gasteiger partial charge in [-0.3, -0.25) is 4.79 Å². The number of esters is 1. The first kappa shape index (κ1) is 22.3. The number of allylic oxidation sites excluding steroid dienone is 1. The molecule has 0 radical (unpaired) electrons. The van der Waals surface area contributed by atoms with Crippen LogP contribution in [0.25, 0.3) is 0 Å². The summed E-state index contributed by atoms with van der Waals surface area (Å²) in [6, 6.07) is 17.2. The summed E-state index contributed by atoms with van der Waals surface area (Å²) in [7, 11) is 0. The Balaban J connectivity index is 2.06. The minimum Gasteiger partial charge on any atom is -0.462 e. The van der Waals surface area contributed by atoms with Crippen molar-refractivity contribution >= 4 is 11.9 Å². The van der Waals surface area contributed by atoms with Crippen LogP contribution in [0.3, 0.4) is 0 Å². The van der Waals surface area contributed by atoms with Gasteiger partial charge in [0.05, 0.1) is 30.4 Å². The molecule has 0 saturated carbocycles. The summed E-state index contributed by atoms with van der Waals surface area (Å²) in [5.41, 5.74) is 4.37. The van der Waals surface area contributed by atoms with E-state index in [0.717, 1.165) is 16.7 Å².